The molecule has 0 bridgehead atoms. The molecule has 0 spiro atoms. The first-order chi connectivity index (χ1) is 17.3. The van der Waals surface area contributed by atoms with Crippen LogP contribution in [0.1, 0.15) is 33.1 Å². The van der Waals surface area contributed by atoms with E-state index in [1.807, 2.05) is 0 Å². The number of ketones is 1. The molecule has 0 aliphatic carbocycles. The van der Waals surface area contributed by atoms with E-state index in [1.165, 1.54) is 49.5 Å². The first kappa shape index (κ1) is 24.8. The van der Waals surface area contributed by atoms with Crippen LogP contribution in [0.15, 0.2) is 72.3 Å². The van der Waals surface area contributed by atoms with Crippen LogP contribution >= 0.6 is 11.6 Å². The Bertz CT molecular complexity index is 1380. The maximum absolute atomic E-state index is 13.3. The van der Waals surface area contributed by atoms with Crippen molar-refractivity contribution in [3.05, 3.63) is 99.6 Å². The summed E-state index contributed by atoms with van der Waals surface area (Å²) in [6, 6.07) is 16.5. The summed E-state index contributed by atoms with van der Waals surface area (Å²) >= 11 is 6.12. The van der Waals surface area contributed by atoms with Crippen LogP contribution in [0.4, 0.5) is 0 Å². The molecule has 2 N–H and O–H groups in total. The number of rotatable bonds is 7. The molecule has 3 aromatic carbocycles. The van der Waals surface area contributed by atoms with Crippen molar-refractivity contribution >= 4 is 35.0 Å². The summed E-state index contributed by atoms with van der Waals surface area (Å²) in [7, 11) is 2.90. The number of carboxylic acid groups (broad SMARTS) is 1. The lowest BCUT2D eigenvalue weighted by atomic mass is 9.94. The van der Waals surface area contributed by atoms with Gasteiger partial charge in [0.1, 0.15) is 17.3 Å². The van der Waals surface area contributed by atoms with Gasteiger partial charge in [-0.15, -0.1) is 0 Å². The number of amides is 1. The monoisotopic (exact) mass is 507 g/mol. The summed E-state index contributed by atoms with van der Waals surface area (Å²) in [5.41, 5.74) is 1.34. The van der Waals surface area contributed by atoms with Crippen LogP contribution in [0, 0.1) is 0 Å². The molecule has 4 rings (SSSR count). The summed E-state index contributed by atoms with van der Waals surface area (Å²) < 4.78 is 10.7. The van der Waals surface area contributed by atoms with Gasteiger partial charge in [0.15, 0.2) is 0 Å². The normalized spacial score (nSPS) is 16.8. The molecule has 1 unspecified atom stereocenters. The van der Waals surface area contributed by atoms with Crippen molar-refractivity contribution in [2.24, 2.45) is 0 Å². The molecule has 36 heavy (non-hydrogen) atoms. The number of aliphatic hydroxyl groups is 1. The van der Waals surface area contributed by atoms with Crippen molar-refractivity contribution in [2.45, 2.75) is 12.6 Å². The highest BCUT2D eigenvalue weighted by Gasteiger charge is 2.47. The number of likely N-dealkylation sites (tertiary alicyclic amines) is 1. The third-order valence-electron chi connectivity index (χ3n) is 5.95. The number of hydrogen-bond acceptors (Lipinski definition) is 6. The van der Waals surface area contributed by atoms with Gasteiger partial charge in [-0.1, -0.05) is 41.9 Å². The van der Waals surface area contributed by atoms with E-state index in [4.69, 9.17) is 26.2 Å². The van der Waals surface area contributed by atoms with Gasteiger partial charge in [-0.3, -0.25) is 9.59 Å². The number of benzene rings is 3. The number of Topliss-reactive ketones (excluding diaryl/α,β-unsaturated/α-hetero) is 1. The van der Waals surface area contributed by atoms with Crippen LogP contribution in [0.5, 0.6) is 11.5 Å². The zero-order chi connectivity index (χ0) is 26.0. The van der Waals surface area contributed by atoms with E-state index in [0.717, 1.165) is 0 Å². The van der Waals surface area contributed by atoms with Gasteiger partial charge in [0.25, 0.3) is 11.7 Å². The zero-order valence-corrected chi connectivity index (χ0v) is 20.2. The third kappa shape index (κ3) is 4.50. The molecule has 1 heterocycles. The standard InChI is InChI=1S/C27H22ClNO7/c1-35-20-6-4-3-5-18(20)23-22(24(30)17-11-12-19(28)21(13-17)36-2)25(31)26(32)29(23)14-15-7-9-16(10-8-15)27(33)34/h3-13,23,30H,14H2,1-2H3,(H,33,34)/b24-22+. The number of methoxy groups -OCH3 is 2. The molecule has 1 amide bonds. The minimum Gasteiger partial charge on any atom is -0.507 e. The summed E-state index contributed by atoms with van der Waals surface area (Å²) in [4.78, 5) is 39.1. The summed E-state index contributed by atoms with van der Waals surface area (Å²) in [5.74, 6) is -2.41. The van der Waals surface area contributed by atoms with E-state index < -0.39 is 23.7 Å². The van der Waals surface area contributed by atoms with E-state index in [1.54, 1.807) is 36.4 Å². The Morgan fingerprint density at radius 3 is 2.19 bits per heavy atom. The molecule has 1 aliphatic rings. The van der Waals surface area contributed by atoms with E-state index in [0.29, 0.717) is 27.6 Å². The number of hydrogen-bond donors (Lipinski definition) is 2. The van der Waals surface area contributed by atoms with Crippen LogP contribution in [0.25, 0.3) is 5.76 Å². The molecule has 9 heteroatoms. The van der Waals surface area contributed by atoms with E-state index in [9.17, 15) is 19.5 Å². The number of nitrogens with zero attached hydrogens (tertiary/aromatic N) is 1. The highest BCUT2D eigenvalue weighted by molar-refractivity contribution is 6.46. The Morgan fingerprint density at radius 1 is 0.917 bits per heavy atom. The Morgan fingerprint density at radius 2 is 1.56 bits per heavy atom. The van der Waals surface area contributed by atoms with Gasteiger partial charge in [-0.25, -0.2) is 4.79 Å². The van der Waals surface area contributed by atoms with Crippen molar-refractivity contribution < 1.29 is 34.1 Å². The first-order valence-electron chi connectivity index (χ1n) is 10.8. The van der Waals surface area contributed by atoms with Gasteiger partial charge < -0.3 is 24.6 Å². The number of aliphatic hydroxyl groups excluding tert-OH is 1. The highest BCUT2D eigenvalue weighted by Crippen LogP contribution is 2.43. The minimum atomic E-state index is -1.07. The Hall–Kier alpha value is -4.30. The van der Waals surface area contributed by atoms with Crippen molar-refractivity contribution in [3.8, 4) is 11.5 Å². The van der Waals surface area contributed by atoms with Gasteiger partial charge >= 0.3 is 5.97 Å². The van der Waals surface area contributed by atoms with Crippen molar-refractivity contribution in [1.29, 1.82) is 0 Å². The highest BCUT2D eigenvalue weighted by atomic mass is 35.5. The van der Waals surface area contributed by atoms with Crippen LogP contribution in [0.3, 0.4) is 0 Å². The molecule has 0 aromatic heterocycles. The largest absolute Gasteiger partial charge is 0.507 e. The number of carbonyl (C=O) groups is 3. The predicted octanol–water partition coefficient (Wildman–Crippen LogP) is 4.68. The minimum absolute atomic E-state index is 0.00605. The Balaban J connectivity index is 1.87. The van der Waals surface area contributed by atoms with Gasteiger partial charge in [0, 0.05) is 17.7 Å². The smallest absolute Gasteiger partial charge is 0.335 e. The molecule has 0 saturated carbocycles. The molecule has 1 aliphatic heterocycles. The Labute approximate surface area is 211 Å². The first-order valence-corrected chi connectivity index (χ1v) is 11.2. The average molecular weight is 508 g/mol. The molecule has 1 saturated heterocycles. The zero-order valence-electron chi connectivity index (χ0n) is 19.4. The topological polar surface area (TPSA) is 113 Å². The van der Waals surface area contributed by atoms with Gasteiger partial charge in [-0.05, 0) is 42.0 Å². The third-order valence-corrected chi connectivity index (χ3v) is 6.26. The number of para-hydroxylation sites is 1. The average Bonchev–Trinajstić information content (AvgIpc) is 3.13. The fourth-order valence-corrected chi connectivity index (χ4v) is 4.37. The maximum atomic E-state index is 13.3. The maximum Gasteiger partial charge on any atom is 0.335 e. The van der Waals surface area contributed by atoms with Gasteiger partial charge in [0.05, 0.1) is 36.4 Å². The number of carboxylic acids is 1. The van der Waals surface area contributed by atoms with Crippen LogP contribution < -0.4 is 9.47 Å². The quantitative estimate of drug-likeness (QED) is 0.271. The fourth-order valence-electron chi connectivity index (χ4n) is 4.17. The summed E-state index contributed by atoms with van der Waals surface area (Å²) in [6.45, 7) is -0.00605. The lowest BCUT2D eigenvalue weighted by Crippen LogP contribution is -2.29. The van der Waals surface area contributed by atoms with Crippen molar-refractivity contribution in [3.63, 3.8) is 0 Å². The molecular weight excluding hydrogens is 486 g/mol. The molecule has 1 atom stereocenters. The fraction of sp³-hybridized carbons (Fsp3) is 0.148. The van der Waals surface area contributed by atoms with Crippen LogP contribution in [0.2, 0.25) is 5.02 Å². The lowest BCUT2D eigenvalue weighted by molar-refractivity contribution is -0.140. The molecule has 3 aromatic rings. The summed E-state index contributed by atoms with van der Waals surface area (Å²) in [6.07, 6.45) is 0. The lowest BCUT2D eigenvalue weighted by Gasteiger charge is -2.26. The number of carbonyl (C=O) groups excluding carboxylic acids is 2. The summed E-state index contributed by atoms with van der Waals surface area (Å²) in [5, 5.41) is 20.8. The molecule has 1 fully saturated rings. The predicted molar refractivity (Wildman–Crippen MR) is 132 cm³/mol. The van der Waals surface area contributed by atoms with Crippen LogP contribution in [-0.2, 0) is 16.1 Å². The molecule has 8 nitrogen and oxygen atoms in total. The van der Waals surface area contributed by atoms with Gasteiger partial charge in [0.2, 0.25) is 0 Å². The number of ether oxygens (including phenoxy) is 2. The van der Waals surface area contributed by atoms with Crippen LogP contribution in [-0.4, -0.2) is 47.0 Å². The number of halogens is 1. The van der Waals surface area contributed by atoms with Gasteiger partial charge in [-0.2, -0.15) is 0 Å². The number of aromatic carboxylic acids is 1. The Kier molecular flexibility index (Phi) is 6.98. The second kappa shape index (κ2) is 10.1. The van der Waals surface area contributed by atoms with E-state index in [-0.39, 0.29) is 29.0 Å². The second-order valence-electron chi connectivity index (χ2n) is 8.02. The van der Waals surface area contributed by atoms with Crippen molar-refractivity contribution in [1.82, 2.24) is 4.90 Å². The molecule has 184 valence electrons. The molecule has 0 radical (unpaired) electrons. The SMILES string of the molecule is COc1cc(/C(O)=C2\C(=O)C(=O)N(Cc3ccc(C(=O)O)cc3)C2c2ccccc2OC)ccc1Cl. The van der Waals surface area contributed by atoms with E-state index in [2.05, 4.69) is 0 Å². The van der Waals surface area contributed by atoms with E-state index >= 15 is 0 Å². The van der Waals surface area contributed by atoms with Crippen molar-refractivity contribution in [2.75, 3.05) is 14.2 Å². The molecular formula is C27H22ClNO7. The second-order valence-corrected chi connectivity index (χ2v) is 8.43.